The predicted molar refractivity (Wildman–Crippen MR) is 88.6 cm³/mol. The molecule has 5 heteroatoms. The summed E-state index contributed by atoms with van der Waals surface area (Å²) in [6, 6.07) is 17.0. The standard InChI is InChI=1S/C19H18N2O3/c22-18-13-20(15-10-11-15)19(23)21(18)12-14-6-4-5-9-17(14)24-16-7-2-1-3-8-16/h1-9,15H,10-13H2. The van der Waals surface area contributed by atoms with Crippen molar-refractivity contribution in [1.29, 1.82) is 0 Å². The average molecular weight is 322 g/mol. The van der Waals surface area contributed by atoms with E-state index < -0.39 is 0 Å². The molecule has 3 amide bonds. The molecule has 0 spiro atoms. The van der Waals surface area contributed by atoms with Crippen molar-refractivity contribution in [2.24, 2.45) is 0 Å². The number of para-hydroxylation sites is 2. The molecule has 2 aromatic rings. The maximum absolute atomic E-state index is 12.5. The van der Waals surface area contributed by atoms with E-state index in [2.05, 4.69) is 0 Å². The first-order valence-electron chi connectivity index (χ1n) is 8.14. The molecule has 122 valence electrons. The molecule has 0 aromatic heterocycles. The molecule has 1 aliphatic carbocycles. The minimum atomic E-state index is -0.183. The third kappa shape index (κ3) is 2.85. The Bertz CT molecular complexity index is 771. The molecule has 0 bridgehead atoms. The van der Waals surface area contributed by atoms with E-state index in [0.717, 1.165) is 24.2 Å². The van der Waals surface area contributed by atoms with Crippen molar-refractivity contribution in [3.05, 3.63) is 60.2 Å². The lowest BCUT2D eigenvalue weighted by molar-refractivity contribution is -0.125. The highest BCUT2D eigenvalue weighted by Gasteiger charge is 2.43. The second kappa shape index (κ2) is 6.00. The van der Waals surface area contributed by atoms with Gasteiger partial charge in [0.05, 0.1) is 6.54 Å². The van der Waals surface area contributed by atoms with Crippen molar-refractivity contribution >= 4 is 11.9 Å². The van der Waals surface area contributed by atoms with Crippen LogP contribution >= 0.6 is 0 Å². The van der Waals surface area contributed by atoms with Crippen LogP contribution in [0.4, 0.5) is 4.79 Å². The maximum Gasteiger partial charge on any atom is 0.327 e. The Morgan fingerprint density at radius 1 is 0.958 bits per heavy atom. The fourth-order valence-electron chi connectivity index (χ4n) is 2.91. The largest absolute Gasteiger partial charge is 0.457 e. The normalized spacial score (nSPS) is 17.5. The molecule has 5 nitrogen and oxygen atoms in total. The SMILES string of the molecule is O=C1CN(C2CC2)C(=O)N1Cc1ccccc1Oc1ccccc1. The lowest BCUT2D eigenvalue weighted by Gasteiger charge is -2.18. The van der Waals surface area contributed by atoms with E-state index in [0.29, 0.717) is 5.75 Å². The molecule has 0 radical (unpaired) electrons. The summed E-state index contributed by atoms with van der Waals surface area (Å²) >= 11 is 0. The summed E-state index contributed by atoms with van der Waals surface area (Å²) in [5, 5.41) is 0. The molecule has 2 fully saturated rings. The Labute approximate surface area is 140 Å². The second-order valence-electron chi connectivity index (χ2n) is 6.14. The predicted octanol–water partition coefficient (Wildman–Crippen LogP) is 3.41. The monoisotopic (exact) mass is 322 g/mol. The number of rotatable bonds is 5. The van der Waals surface area contributed by atoms with E-state index in [-0.39, 0.29) is 31.1 Å². The molecular weight excluding hydrogens is 304 g/mol. The number of amides is 3. The number of ether oxygens (including phenoxy) is 1. The smallest absolute Gasteiger partial charge is 0.327 e. The van der Waals surface area contributed by atoms with Gasteiger partial charge in [-0.1, -0.05) is 36.4 Å². The van der Waals surface area contributed by atoms with Crippen LogP contribution in [0.5, 0.6) is 11.5 Å². The summed E-state index contributed by atoms with van der Waals surface area (Å²) in [4.78, 5) is 27.7. The summed E-state index contributed by atoms with van der Waals surface area (Å²) in [6.07, 6.45) is 2.00. The molecule has 1 saturated carbocycles. The van der Waals surface area contributed by atoms with Crippen molar-refractivity contribution in [3.63, 3.8) is 0 Å². The molecule has 24 heavy (non-hydrogen) atoms. The van der Waals surface area contributed by atoms with Crippen molar-refractivity contribution in [2.75, 3.05) is 6.54 Å². The Balaban J connectivity index is 1.54. The average Bonchev–Trinajstić information content (AvgIpc) is 3.40. The molecular formula is C19H18N2O3. The molecule has 0 atom stereocenters. The summed E-state index contributed by atoms with van der Waals surface area (Å²) in [6.45, 7) is 0.440. The van der Waals surface area contributed by atoms with Gasteiger partial charge in [0.2, 0.25) is 0 Å². The topological polar surface area (TPSA) is 49.9 Å². The van der Waals surface area contributed by atoms with Gasteiger partial charge in [-0.3, -0.25) is 9.69 Å². The van der Waals surface area contributed by atoms with Crippen molar-refractivity contribution in [3.8, 4) is 11.5 Å². The minimum Gasteiger partial charge on any atom is -0.457 e. The van der Waals surface area contributed by atoms with Gasteiger partial charge < -0.3 is 9.64 Å². The van der Waals surface area contributed by atoms with Crippen molar-refractivity contribution < 1.29 is 14.3 Å². The Morgan fingerprint density at radius 2 is 1.67 bits per heavy atom. The first-order valence-corrected chi connectivity index (χ1v) is 8.14. The highest BCUT2D eigenvalue weighted by molar-refractivity contribution is 6.02. The molecule has 4 rings (SSSR count). The van der Waals surface area contributed by atoms with Crippen LogP contribution in [0.1, 0.15) is 18.4 Å². The number of hydrogen-bond donors (Lipinski definition) is 0. The van der Waals surface area contributed by atoms with Gasteiger partial charge in [0, 0.05) is 11.6 Å². The van der Waals surface area contributed by atoms with Crippen molar-refractivity contribution in [1.82, 2.24) is 9.80 Å². The van der Waals surface area contributed by atoms with E-state index in [4.69, 9.17) is 4.74 Å². The molecule has 2 aromatic carbocycles. The highest BCUT2D eigenvalue weighted by atomic mass is 16.5. The number of nitrogens with zero attached hydrogens (tertiary/aromatic N) is 2. The van der Waals surface area contributed by atoms with Crippen LogP contribution in [-0.4, -0.2) is 34.3 Å². The van der Waals surface area contributed by atoms with Gasteiger partial charge in [0.15, 0.2) is 0 Å². The molecule has 0 unspecified atom stereocenters. The Kier molecular flexibility index (Phi) is 3.69. The van der Waals surface area contributed by atoms with Crippen LogP contribution in [-0.2, 0) is 11.3 Å². The number of benzene rings is 2. The maximum atomic E-state index is 12.5. The van der Waals surface area contributed by atoms with E-state index in [9.17, 15) is 9.59 Å². The van der Waals surface area contributed by atoms with Crippen molar-refractivity contribution in [2.45, 2.75) is 25.4 Å². The van der Waals surface area contributed by atoms with Gasteiger partial charge in [0.1, 0.15) is 18.0 Å². The quantitative estimate of drug-likeness (QED) is 0.793. The first kappa shape index (κ1) is 14.8. The lowest BCUT2D eigenvalue weighted by Crippen LogP contribution is -2.33. The van der Waals surface area contributed by atoms with Crippen LogP contribution in [0.25, 0.3) is 0 Å². The summed E-state index contributed by atoms with van der Waals surface area (Å²) in [7, 11) is 0. The molecule has 0 N–H and O–H groups in total. The van der Waals surface area contributed by atoms with Crippen LogP contribution in [0, 0.1) is 0 Å². The molecule has 1 saturated heterocycles. The van der Waals surface area contributed by atoms with E-state index >= 15 is 0 Å². The third-order valence-electron chi connectivity index (χ3n) is 4.34. The molecule has 2 aliphatic rings. The summed E-state index contributed by atoms with van der Waals surface area (Å²) < 4.78 is 5.91. The molecule has 1 aliphatic heterocycles. The van der Waals surface area contributed by atoms with Crippen LogP contribution in [0.3, 0.4) is 0 Å². The zero-order chi connectivity index (χ0) is 16.5. The van der Waals surface area contributed by atoms with E-state index in [1.165, 1.54) is 4.90 Å². The highest BCUT2D eigenvalue weighted by Crippen LogP contribution is 2.32. The zero-order valence-corrected chi connectivity index (χ0v) is 13.2. The van der Waals surface area contributed by atoms with Gasteiger partial charge in [-0.2, -0.15) is 0 Å². The second-order valence-corrected chi connectivity index (χ2v) is 6.14. The molecule has 1 heterocycles. The van der Waals surface area contributed by atoms with E-state index in [1.54, 1.807) is 4.90 Å². The van der Waals surface area contributed by atoms with Gasteiger partial charge in [0.25, 0.3) is 5.91 Å². The van der Waals surface area contributed by atoms with Gasteiger partial charge in [-0.25, -0.2) is 4.79 Å². The Hall–Kier alpha value is -2.82. The van der Waals surface area contributed by atoms with Gasteiger partial charge >= 0.3 is 6.03 Å². The number of hydrogen-bond acceptors (Lipinski definition) is 3. The van der Waals surface area contributed by atoms with Crippen LogP contribution in [0.2, 0.25) is 0 Å². The van der Waals surface area contributed by atoms with Gasteiger partial charge in [-0.15, -0.1) is 0 Å². The zero-order valence-electron chi connectivity index (χ0n) is 13.2. The van der Waals surface area contributed by atoms with E-state index in [1.807, 2.05) is 54.6 Å². The third-order valence-corrected chi connectivity index (χ3v) is 4.34. The fourth-order valence-corrected chi connectivity index (χ4v) is 2.91. The number of imide groups is 1. The summed E-state index contributed by atoms with van der Waals surface area (Å²) in [5.74, 6) is 1.25. The number of carbonyl (C=O) groups is 2. The fraction of sp³-hybridized carbons (Fsp3) is 0.263. The van der Waals surface area contributed by atoms with Gasteiger partial charge in [-0.05, 0) is 31.0 Å². The Morgan fingerprint density at radius 3 is 2.42 bits per heavy atom. The minimum absolute atomic E-state index is 0.138. The van der Waals surface area contributed by atoms with Crippen LogP contribution < -0.4 is 4.74 Å². The number of carbonyl (C=O) groups excluding carboxylic acids is 2. The lowest BCUT2D eigenvalue weighted by atomic mass is 10.2. The summed E-state index contributed by atoms with van der Waals surface area (Å²) in [5.41, 5.74) is 0.820. The number of urea groups is 1. The van der Waals surface area contributed by atoms with Crippen LogP contribution in [0.15, 0.2) is 54.6 Å². The first-order chi connectivity index (χ1) is 11.7.